The Bertz CT molecular complexity index is 982. The van der Waals surface area contributed by atoms with Crippen molar-refractivity contribution in [2.24, 2.45) is 5.10 Å². The van der Waals surface area contributed by atoms with Gasteiger partial charge in [-0.3, -0.25) is 4.98 Å². The number of rotatable bonds is 6. The molecule has 0 unspecified atom stereocenters. The van der Waals surface area contributed by atoms with Gasteiger partial charge in [0.1, 0.15) is 5.69 Å². The number of ether oxygens (including phenoxy) is 3. The molecule has 9 heteroatoms. The second-order valence-electron chi connectivity index (χ2n) is 5.05. The highest BCUT2D eigenvalue weighted by molar-refractivity contribution is 7.71. The minimum absolute atomic E-state index is 0.348. The molecular weight excluding hydrogens is 354 g/mol. The van der Waals surface area contributed by atoms with Gasteiger partial charge in [0.15, 0.2) is 11.5 Å². The highest BCUT2D eigenvalue weighted by Crippen LogP contribution is 2.39. The zero-order chi connectivity index (χ0) is 18.5. The van der Waals surface area contributed by atoms with Crippen molar-refractivity contribution in [3.8, 4) is 28.8 Å². The van der Waals surface area contributed by atoms with Crippen LogP contribution in [0.3, 0.4) is 0 Å². The molecule has 0 spiro atoms. The molecule has 0 atom stereocenters. The Kier molecular flexibility index (Phi) is 5.28. The number of H-pyrrole nitrogens is 1. The van der Waals surface area contributed by atoms with Crippen molar-refractivity contribution in [3.63, 3.8) is 0 Å². The van der Waals surface area contributed by atoms with E-state index in [9.17, 15) is 0 Å². The van der Waals surface area contributed by atoms with E-state index in [4.69, 9.17) is 26.4 Å². The summed E-state index contributed by atoms with van der Waals surface area (Å²) in [7, 11) is 4.67. The molecule has 2 heterocycles. The third-order valence-corrected chi connectivity index (χ3v) is 3.86. The lowest BCUT2D eigenvalue weighted by molar-refractivity contribution is 0.324. The summed E-state index contributed by atoms with van der Waals surface area (Å²) in [6, 6.07) is 9.11. The lowest BCUT2D eigenvalue weighted by Crippen LogP contribution is -2.00. The van der Waals surface area contributed by atoms with Crippen LogP contribution >= 0.6 is 12.2 Å². The van der Waals surface area contributed by atoms with Crippen LogP contribution in [0.15, 0.2) is 41.6 Å². The summed E-state index contributed by atoms with van der Waals surface area (Å²) in [6.45, 7) is 0. The number of nitrogens with one attached hydrogen (secondary N) is 1. The molecule has 0 aliphatic heterocycles. The van der Waals surface area contributed by atoms with E-state index >= 15 is 0 Å². The van der Waals surface area contributed by atoms with E-state index in [0.29, 0.717) is 39.1 Å². The van der Waals surface area contributed by atoms with E-state index in [0.717, 1.165) is 0 Å². The van der Waals surface area contributed by atoms with Gasteiger partial charge in [0, 0.05) is 11.8 Å². The number of nitrogens with zero attached hydrogens (tertiary/aromatic N) is 4. The van der Waals surface area contributed by atoms with Crippen molar-refractivity contribution in [2.75, 3.05) is 21.3 Å². The van der Waals surface area contributed by atoms with E-state index < -0.39 is 0 Å². The summed E-state index contributed by atoms with van der Waals surface area (Å²) in [5.41, 5.74) is 1.34. The zero-order valence-electron chi connectivity index (χ0n) is 14.5. The largest absolute Gasteiger partial charge is 0.493 e. The molecule has 0 bridgehead atoms. The van der Waals surface area contributed by atoms with Crippen molar-refractivity contribution in [1.29, 1.82) is 0 Å². The van der Waals surface area contributed by atoms with Gasteiger partial charge in [-0.05, 0) is 36.5 Å². The maximum absolute atomic E-state index is 5.46. The molecule has 0 fully saturated rings. The fraction of sp³-hybridized carbons (Fsp3) is 0.176. The highest BCUT2D eigenvalue weighted by atomic mass is 32.1. The van der Waals surface area contributed by atoms with Crippen molar-refractivity contribution >= 4 is 18.4 Å². The van der Waals surface area contributed by atoms with Crippen LogP contribution in [0.2, 0.25) is 0 Å². The summed E-state index contributed by atoms with van der Waals surface area (Å²) in [5.74, 6) is 2.06. The lowest BCUT2D eigenvalue weighted by Gasteiger charge is -2.13. The Hall–Kier alpha value is -3.20. The smallest absolute Gasteiger partial charge is 0.216 e. The molecule has 0 radical (unpaired) electrons. The number of aromatic nitrogens is 4. The molecular formula is C17H17N5O3S. The Labute approximate surface area is 155 Å². The molecule has 26 heavy (non-hydrogen) atoms. The fourth-order valence-corrected chi connectivity index (χ4v) is 2.58. The van der Waals surface area contributed by atoms with E-state index in [-0.39, 0.29) is 0 Å². The van der Waals surface area contributed by atoms with Crippen LogP contribution in [0, 0.1) is 4.77 Å². The molecule has 0 saturated heterocycles. The van der Waals surface area contributed by atoms with Crippen LogP contribution < -0.4 is 14.2 Å². The first-order valence-corrected chi connectivity index (χ1v) is 8.02. The highest BCUT2D eigenvalue weighted by Gasteiger charge is 2.15. The topological polar surface area (TPSA) is 86.6 Å². The molecule has 0 aliphatic rings. The van der Waals surface area contributed by atoms with Gasteiger partial charge in [-0.1, -0.05) is 6.07 Å². The normalized spacial score (nSPS) is 10.9. The summed E-state index contributed by atoms with van der Waals surface area (Å²) >= 11 is 5.27. The number of methoxy groups -OCH3 is 3. The molecule has 2 aromatic heterocycles. The molecule has 0 saturated carbocycles. The van der Waals surface area contributed by atoms with Gasteiger partial charge in [0.05, 0.1) is 27.5 Å². The van der Waals surface area contributed by atoms with Crippen molar-refractivity contribution < 1.29 is 14.2 Å². The second-order valence-corrected chi connectivity index (χ2v) is 5.43. The number of benzene rings is 1. The van der Waals surface area contributed by atoms with Gasteiger partial charge in [0.2, 0.25) is 16.3 Å². The van der Waals surface area contributed by atoms with Crippen LogP contribution in [0.5, 0.6) is 17.2 Å². The minimum atomic E-state index is 0.348. The number of hydrogen-bond acceptors (Lipinski definition) is 7. The summed E-state index contributed by atoms with van der Waals surface area (Å²) in [6.07, 6.45) is 3.29. The Morgan fingerprint density at radius 2 is 1.88 bits per heavy atom. The number of aromatic amines is 1. The van der Waals surface area contributed by atoms with E-state index in [1.807, 2.05) is 24.3 Å². The van der Waals surface area contributed by atoms with Gasteiger partial charge in [-0.25, -0.2) is 5.10 Å². The first-order valence-electron chi connectivity index (χ1n) is 7.61. The maximum Gasteiger partial charge on any atom is 0.216 e. The van der Waals surface area contributed by atoms with Crippen LogP contribution in [0.25, 0.3) is 11.5 Å². The van der Waals surface area contributed by atoms with E-state index in [2.05, 4.69) is 20.3 Å². The average Bonchev–Trinajstić information content (AvgIpc) is 3.06. The van der Waals surface area contributed by atoms with Gasteiger partial charge in [-0.2, -0.15) is 14.9 Å². The average molecular weight is 371 g/mol. The third kappa shape index (κ3) is 3.29. The molecule has 8 nitrogen and oxygen atoms in total. The SMILES string of the molecule is COc1ccc(C=Nn2c(-c3ccccn3)n[nH]c2=S)c(OC)c1OC. The summed E-state index contributed by atoms with van der Waals surface area (Å²) < 4.78 is 18.0. The van der Waals surface area contributed by atoms with Crippen LogP contribution in [-0.2, 0) is 0 Å². The van der Waals surface area contributed by atoms with Crippen molar-refractivity contribution in [3.05, 3.63) is 46.9 Å². The predicted molar refractivity (Wildman–Crippen MR) is 99.7 cm³/mol. The molecule has 1 aromatic carbocycles. The Morgan fingerprint density at radius 3 is 2.54 bits per heavy atom. The zero-order valence-corrected chi connectivity index (χ0v) is 15.3. The standard InChI is InChI=1S/C17H17N5O3S/c1-23-13-8-7-11(14(24-2)15(13)25-3)10-19-22-16(20-21-17(22)26)12-6-4-5-9-18-12/h4-10H,1-3H3,(H,21,26). The molecule has 134 valence electrons. The van der Waals surface area contributed by atoms with Crippen LogP contribution in [-0.4, -0.2) is 47.4 Å². The molecule has 0 aliphatic carbocycles. The first kappa shape index (κ1) is 17.6. The summed E-state index contributed by atoms with van der Waals surface area (Å²) in [5, 5.41) is 11.4. The Morgan fingerprint density at radius 1 is 1.08 bits per heavy atom. The fourth-order valence-electron chi connectivity index (χ4n) is 2.41. The molecule has 1 N–H and O–H groups in total. The van der Waals surface area contributed by atoms with Crippen molar-refractivity contribution in [1.82, 2.24) is 19.9 Å². The lowest BCUT2D eigenvalue weighted by atomic mass is 10.2. The van der Waals surface area contributed by atoms with Gasteiger partial charge < -0.3 is 14.2 Å². The molecule has 3 aromatic rings. The quantitative estimate of drug-likeness (QED) is 0.530. The summed E-state index contributed by atoms with van der Waals surface area (Å²) in [4.78, 5) is 4.28. The minimum Gasteiger partial charge on any atom is -0.493 e. The van der Waals surface area contributed by atoms with Crippen LogP contribution in [0.1, 0.15) is 5.56 Å². The van der Waals surface area contributed by atoms with E-state index in [1.54, 1.807) is 39.8 Å². The predicted octanol–water partition coefficient (Wildman–Crippen LogP) is 2.91. The second kappa shape index (κ2) is 7.79. The van der Waals surface area contributed by atoms with Crippen molar-refractivity contribution in [2.45, 2.75) is 0 Å². The van der Waals surface area contributed by atoms with Gasteiger partial charge >= 0.3 is 0 Å². The van der Waals surface area contributed by atoms with Gasteiger partial charge in [0.25, 0.3) is 0 Å². The first-order chi connectivity index (χ1) is 12.7. The van der Waals surface area contributed by atoms with Crippen LogP contribution in [0.4, 0.5) is 0 Å². The number of pyridine rings is 1. The Balaban J connectivity index is 2.05. The molecule has 0 amide bonds. The number of hydrogen-bond donors (Lipinski definition) is 1. The maximum atomic E-state index is 5.46. The monoisotopic (exact) mass is 371 g/mol. The molecule has 3 rings (SSSR count). The van der Waals surface area contributed by atoms with E-state index in [1.165, 1.54) is 4.68 Å². The third-order valence-electron chi connectivity index (χ3n) is 3.59. The van der Waals surface area contributed by atoms with Gasteiger partial charge in [-0.15, -0.1) is 0 Å².